The minimum Gasteiger partial charge on any atom is -0.532 e. The first-order valence-corrected chi connectivity index (χ1v) is 20.6. The van der Waals surface area contributed by atoms with E-state index in [1.54, 1.807) is 11.1 Å². The summed E-state index contributed by atoms with van der Waals surface area (Å²) in [6.45, 7) is 27.9. The molecule has 2 atom stereocenters. The van der Waals surface area contributed by atoms with Crippen molar-refractivity contribution in [2.24, 2.45) is 4.99 Å². The van der Waals surface area contributed by atoms with Crippen molar-refractivity contribution < 1.29 is 23.1 Å². The van der Waals surface area contributed by atoms with Crippen LogP contribution in [-0.2, 0) is 13.6 Å². The molecule has 0 spiro atoms. The highest BCUT2D eigenvalue weighted by atomic mass is 127. The number of halogens is 1. The SMILES string of the molecule is C=C(/N=C/c1cc(I)ccc1O[C@@H]1CCN(C(=O)OC(C)(C)C)C[C@H]1O[Si](C)(C)C(C)(C)C)O[Si](C)(C)C. The summed E-state index contributed by atoms with van der Waals surface area (Å²) < 4.78 is 26.1. The molecule has 1 saturated heterocycles. The lowest BCUT2D eigenvalue weighted by molar-refractivity contribution is -0.0323. The van der Waals surface area contributed by atoms with Crippen LogP contribution in [0.1, 0.15) is 53.5 Å². The molecule has 38 heavy (non-hydrogen) atoms. The maximum atomic E-state index is 12.9. The Balaban J connectivity index is 2.33. The second-order valence-electron chi connectivity index (χ2n) is 13.3. The van der Waals surface area contributed by atoms with Crippen molar-refractivity contribution >= 4 is 51.5 Å². The topological polar surface area (TPSA) is 69.6 Å². The van der Waals surface area contributed by atoms with E-state index in [4.69, 9.17) is 18.3 Å². The van der Waals surface area contributed by atoms with Gasteiger partial charge in [-0.25, -0.2) is 9.79 Å². The van der Waals surface area contributed by atoms with Crippen LogP contribution in [-0.4, -0.2) is 64.7 Å². The Morgan fingerprint density at radius 3 is 2.29 bits per heavy atom. The molecule has 1 fully saturated rings. The van der Waals surface area contributed by atoms with Gasteiger partial charge in [-0.3, -0.25) is 0 Å². The van der Waals surface area contributed by atoms with E-state index in [0.717, 1.165) is 14.9 Å². The highest BCUT2D eigenvalue weighted by Gasteiger charge is 2.44. The molecule has 1 aliphatic rings. The van der Waals surface area contributed by atoms with Crippen LogP contribution in [0.15, 0.2) is 35.7 Å². The Hall–Kier alpha value is -1.38. The number of aliphatic imine (C=N–C) groups is 1. The quantitative estimate of drug-likeness (QED) is 0.122. The smallest absolute Gasteiger partial charge is 0.410 e. The average Bonchev–Trinajstić information content (AvgIpc) is 2.71. The van der Waals surface area contributed by atoms with Gasteiger partial charge in [0, 0.05) is 28.3 Å². The van der Waals surface area contributed by atoms with Gasteiger partial charge in [-0.2, -0.15) is 0 Å². The number of likely N-dealkylation sites (tertiary alicyclic amines) is 1. The van der Waals surface area contributed by atoms with Crippen LogP contribution >= 0.6 is 22.6 Å². The Labute approximate surface area is 245 Å². The summed E-state index contributed by atoms with van der Waals surface area (Å²) in [5, 5.41) is 0.0170. The molecule has 1 aromatic carbocycles. The lowest BCUT2D eigenvalue weighted by atomic mass is 10.0. The summed E-state index contributed by atoms with van der Waals surface area (Å²) in [5.74, 6) is 1.12. The predicted molar refractivity (Wildman–Crippen MR) is 169 cm³/mol. The summed E-state index contributed by atoms with van der Waals surface area (Å²) >= 11 is 2.28. The molecule has 0 radical (unpaired) electrons. The molecule has 10 heteroatoms. The van der Waals surface area contributed by atoms with Crippen LogP contribution in [0, 0.1) is 3.57 Å². The Kier molecular flexibility index (Phi) is 10.7. The van der Waals surface area contributed by atoms with Gasteiger partial charge in [0.05, 0.1) is 12.6 Å². The number of carbonyl (C=O) groups excluding carboxylic acids is 1. The molecule has 1 heterocycles. The summed E-state index contributed by atoms with van der Waals surface area (Å²) in [5.41, 5.74) is 0.289. The second-order valence-corrected chi connectivity index (χ2v) is 23.8. The van der Waals surface area contributed by atoms with Gasteiger partial charge in [-0.05, 0) is 106 Å². The third-order valence-corrected chi connectivity index (χ3v) is 12.4. The van der Waals surface area contributed by atoms with Crippen LogP contribution in [0.4, 0.5) is 4.79 Å². The van der Waals surface area contributed by atoms with Crippen LogP contribution in [0.5, 0.6) is 5.75 Å². The van der Waals surface area contributed by atoms with Gasteiger partial charge in [-0.15, -0.1) is 0 Å². The third-order valence-electron chi connectivity index (χ3n) is 6.42. The summed E-state index contributed by atoms with van der Waals surface area (Å²) in [4.78, 5) is 19.1. The number of carbonyl (C=O) groups is 1. The van der Waals surface area contributed by atoms with E-state index in [1.165, 1.54) is 0 Å². The molecule has 1 aromatic rings. The summed E-state index contributed by atoms with van der Waals surface area (Å²) in [6.07, 6.45) is 1.55. The first-order valence-electron chi connectivity index (χ1n) is 13.2. The first-order chi connectivity index (χ1) is 17.2. The Morgan fingerprint density at radius 2 is 1.74 bits per heavy atom. The number of hydrogen-bond acceptors (Lipinski definition) is 6. The molecule has 0 bridgehead atoms. The normalized spacial score (nSPS) is 19.4. The molecular formula is C28H47IN2O5Si2. The number of hydrogen-bond donors (Lipinski definition) is 0. The van der Waals surface area contributed by atoms with Gasteiger partial charge in [-0.1, -0.05) is 20.8 Å². The van der Waals surface area contributed by atoms with E-state index >= 15 is 0 Å². The average molecular weight is 675 g/mol. The highest BCUT2D eigenvalue weighted by molar-refractivity contribution is 14.1. The number of amides is 1. The molecule has 0 unspecified atom stereocenters. The molecule has 1 aliphatic heterocycles. The lowest BCUT2D eigenvalue weighted by Crippen LogP contribution is -2.57. The summed E-state index contributed by atoms with van der Waals surface area (Å²) in [7, 11) is -3.95. The van der Waals surface area contributed by atoms with E-state index in [2.05, 4.69) is 87.7 Å². The minimum atomic E-state index is -2.15. The Bertz CT molecular complexity index is 1030. The maximum absolute atomic E-state index is 12.9. The van der Waals surface area contributed by atoms with Crippen molar-refractivity contribution in [3.05, 3.63) is 39.8 Å². The zero-order valence-corrected chi connectivity index (χ0v) is 29.3. The van der Waals surface area contributed by atoms with Crippen molar-refractivity contribution in [1.82, 2.24) is 4.90 Å². The van der Waals surface area contributed by atoms with E-state index in [-0.39, 0.29) is 23.3 Å². The number of nitrogens with zero attached hydrogens (tertiary/aromatic N) is 2. The largest absolute Gasteiger partial charge is 0.532 e. The van der Waals surface area contributed by atoms with E-state index in [1.807, 2.05) is 39.0 Å². The van der Waals surface area contributed by atoms with E-state index in [9.17, 15) is 4.79 Å². The second kappa shape index (κ2) is 12.4. The Morgan fingerprint density at radius 1 is 1.11 bits per heavy atom. The molecule has 214 valence electrons. The van der Waals surface area contributed by atoms with Crippen molar-refractivity contribution in [3.8, 4) is 5.75 Å². The molecule has 0 aliphatic carbocycles. The van der Waals surface area contributed by atoms with Crippen LogP contribution in [0.2, 0.25) is 37.8 Å². The first kappa shape index (κ1) is 32.8. The number of piperidine rings is 1. The molecule has 7 nitrogen and oxygen atoms in total. The molecule has 0 N–H and O–H groups in total. The zero-order valence-electron chi connectivity index (χ0n) is 25.1. The van der Waals surface area contributed by atoms with Gasteiger partial charge in [0.25, 0.3) is 0 Å². The van der Waals surface area contributed by atoms with Crippen LogP contribution in [0.25, 0.3) is 0 Å². The number of ether oxygens (including phenoxy) is 2. The van der Waals surface area contributed by atoms with E-state index in [0.29, 0.717) is 25.4 Å². The number of rotatable bonds is 8. The van der Waals surface area contributed by atoms with Gasteiger partial charge >= 0.3 is 6.09 Å². The summed E-state index contributed by atoms with van der Waals surface area (Å²) in [6, 6.07) is 6.01. The molecule has 0 aromatic heterocycles. The zero-order chi connectivity index (χ0) is 29.1. The molecule has 0 saturated carbocycles. The molecule has 1 amide bonds. The predicted octanol–water partition coefficient (Wildman–Crippen LogP) is 7.81. The highest BCUT2D eigenvalue weighted by Crippen LogP contribution is 2.39. The fraction of sp³-hybridized carbons (Fsp3) is 0.643. The van der Waals surface area contributed by atoms with Crippen molar-refractivity contribution in [2.75, 3.05) is 13.1 Å². The molecule has 2 rings (SSSR count). The monoisotopic (exact) mass is 674 g/mol. The van der Waals surface area contributed by atoms with E-state index < -0.39 is 22.2 Å². The fourth-order valence-corrected chi connectivity index (χ4v) is 6.21. The maximum Gasteiger partial charge on any atom is 0.410 e. The van der Waals surface area contributed by atoms with Gasteiger partial charge in [0.2, 0.25) is 8.32 Å². The van der Waals surface area contributed by atoms with Crippen molar-refractivity contribution in [3.63, 3.8) is 0 Å². The van der Waals surface area contributed by atoms with Crippen molar-refractivity contribution in [2.45, 2.75) is 104 Å². The third kappa shape index (κ3) is 10.3. The lowest BCUT2D eigenvalue weighted by Gasteiger charge is -2.45. The number of benzene rings is 1. The van der Waals surface area contributed by atoms with Gasteiger partial charge in [0.15, 0.2) is 14.2 Å². The van der Waals surface area contributed by atoms with Gasteiger partial charge in [0.1, 0.15) is 17.5 Å². The van der Waals surface area contributed by atoms with Crippen LogP contribution < -0.4 is 4.74 Å². The fourth-order valence-electron chi connectivity index (χ4n) is 3.60. The standard InChI is InChI=1S/C28H47IN2O5Si2/c1-20(35-37(8,9)10)30-18-21-17-22(29)13-14-23(21)33-24-15-16-31(26(32)34-27(2,3)4)19-25(24)36-38(11,12)28(5,6)7/h13-14,17-18,24-25H,1,15-16,19H2,2-12H3/b30-18+/t24-,25-/m1/s1. The van der Waals surface area contributed by atoms with Crippen LogP contribution in [0.3, 0.4) is 0 Å². The molecular weight excluding hydrogens is 627 g/mol. The van der Waals surface area contributed by atoms with Crippen molar-refractivity contribution in [1.29, 1.82) is 0 Å². The van der Waals surface area contributed by atoms with Gasteiger partial charge < -0.3 is 23.2 Å². The minimum absolute atomic E-state index is 0.0170.